The van der Waals surface area contributed by atoms with E-state index in [9.17, 15) is 4.79 Å². The number of rotatable bonds is 2. The maximum atomic E-state index is 11.1. The highest BCUT2D eigenvalue weighted by atomic mass is 35.5. The fraction of sp³-hybridized carbons (Fsp3) is 0.0625. The van der Waals surface area contributed by atoms with E-state index in [4.69, 9.17) is 27.5 Å². The molecule has 27 heavy (non-hydrogen) atoms. The highest BCUT2D eigenvalue weighted by molar-refractivity contribution is 6.28. The lowest BCUT2D eigenvalue weighted by Gasteiger charge is -2.07. The summed E-state index contributed by atoms with van der Waals surface area (Å²) in [5.74, 6) is 0.751. The van der Waals surface area contributed by atoms with E-state index in [2.05, 4.69) is 30.2 Å². The SMILES string of the molecule is Cc1cnc(Cl)nc1Nc1ccc2oc(=O)[nH]c2c1.Nc1ccnc(N)n1. The van der Waals surface area contributed by atoms with Crippen molar-refractivity contribution in [3.8, 4) is 0 Å². The second-order valence-corrected chi connectivity index (χ2v) is 5.70. The van der Waals surface area contributed by atoms with E-state index in [1.807, 2.05) is 6.92 Å². The number of oxazole rings is 1. The van der Waals surface area contributed by atoms with Crippen molar-refractivity contribution < 1.29 is 4.42 Å². The summed E-state index contributed by atoms with van der Waals surface area (Å²) in [6.07, 6.45) is 3.15. The zero-order valence-corrected chi connectivity index (χ0v) is 14.9. The van der Waals surface area contributed by atoms with Crippen LogP contribution >= 0.6 is 11.6 Å². The number of hydrogen-bond donors (Lipinski definition) is 4. The standard InChI is InChI=1S/C12H9ClN4O2.C4H6N4/c1-6-5-14-11(13)17-10(6)15-7-2-3-9-8(4-7)16-12(18)19-9;5-3-1-2-7-4(6)8-3/h2-5H,1H3,(H,16,18)(H,14,15,17);1-2H,(H4,5,6,7,8). The van der Waals surface area contributed by atoms with Gasteiger partial charge in [0.15, 0.2) is 5.58 Å². The Morgan fingerprint density at radius 3 is 2.70 bits per heavy atom. The zero-order valence-electron chi connectivity index (χ0n) is 14.1. The summed E-state index contributed by atoms with van der Waals surface area (Å²) in [5.41, 5.74) is 13.1. The topological polar surface area (TPSA) is 162 Å². The molecule has 1 aromatic carbocycles. The number of H-pyrrole nitrogens is 1. The average Bonchev–Trinajstić information content (AvgIpc) is 2.98. The molecule has 0 aliphatic heterocycles. The van der Waals surface area contributed by atoms with Gasteiger partial charge in [-0.3, -0.25) is 4.98 Å². The number of aromatic amines is 1. The first-order valence-electron chi connectivity index (χ1n) is 7.64. The first-order chi connectivity index (χ1) is 12.9. The van der Waals surface area contributed by atoms with Crippen molar-refractivity contribution in [2.24, 2.45) is 0 Å². The van der Waals surface area contributed by atoms with Gasteiger partial charge >= 0.3 is 5.76 Å². The molecule has 0 aliphatic rings. The highest BCUT2D eigenvalue weighted by Gasteiger charge is 2.05. The third-order valence-corrected chi connectivity index (χ3v) is 3.50. The summed E-state index contributed by atoms with van der Waals surface area (Å²) in [6, 6.07) is 6.83. The molecule has 6 N–H and O–H groups in total. The minimum Gasteiger partial charge on any atom is -0.408 e. The molecule has 10 nitrogen and oxygen atoms in total. The Morgan fingerprint density at radius 2 is 2.00 bits per heavy atom. The molecule has 4 aromatic rings. The number of anilines is 4. The molecule has 0 saturated heterocycles. The van der Waals surface area contributed by atoms with Gasteiger partial charge in [-0.25, -0.2) is 19.7 Å². The van der Waals surface area contributed by atoms with Crippen LogP contribution in [0.1, 0.15) is 5.56 Å². The van der Waals surface area contributed by atoms with Gasteiger partial charge in [-0.1, -0.05) is 0 Å². The fourth-order valence-electron chi connectivity index (χ4n) is 2.10. The molecule has 11 heteroatoms. The molecule has 0 saturated carbocycles. The molecule has 4 rings (SSSR count). The molecule has 0 bridgehead atoms. The van der Waals surface area contributed by atoms with Gasteiger partial charge in [0.25, 0.3) is 0 Å². The molecule has 0 unspecified atom stereocenters. The number of hydrogen-bond acceptors (Lipinski definition) is 9. The minimum atomic E-state index is -0.478. The number of aryl methyl sites for hydroxylation is 1. The van der Waals surface area contributed by atoms with Crippen LogP contribution in [0.25, 0.3) is 11.1 Å². The van der Waals surface area contributed by atoms with Crippen LogP contribution in [0, 0.1) is 6.92 Å². The van der Waals surface area contributed by atoms with Crippen molar-refractivity contribution in [3.63, 3.8) is 0 Å². The van der Waals surface area contributed by atoms with Crippen molar-refractivity contribution in [2.75, 3.05) is 16.8 Å². The predicted molar refractivity (Wildman–Crippen MR) is 103 cm³/mol. The van der Waals surface area contributed by atoms with Crippen LogP contribution in [0.2, 0.25) is 5.28 Å². The number of benzene rings is 1. The van der Waals surface area contributed by atoms with Crippen LogP contribution in [0.3, 0.4) is 0 Å². The molecule has 0 atom stereocenters. The monoisotopic (exact) mass is 386 g/mol. The third kappa shape index (κ3) is 4.70. The first-order valence-corrected chi connectivity index (χ1v) is 8.01. The van der Waals surface area contributed by atoms with Gasteiger partial charge < -0.3 is 21.2 Å². The molecule has 3 heterocycles. The zero-order chi connectivity index (χ0) is 19.4. The minimum absolute atomic E-state index is 0.172. The Labute approximate surface area is 157 Å². The normalized spacial score (nSPS) is 10.3. The number of aromatic nitrogens is 5. The Bertz CT molecular complexity index is 1120. The van der Waals surface area contributed by atoms with Crippen LogP contribution in [0.4, 0.5) is 23.3 Å². The Kier molecular flexibility index (Phi) is 5.18. The number of fused-ring (bicyclic) bond motifs is 1. The van der Waals surface area contributed by atoms with Crippen molar-refractivity contribution in [1.82, 2.24) is 24.9 Å². The second-order valence-electron chi connectivity index (χ2n) is 5.36. The maximum absolute atomic E-state index is 11.1. The van der Waals surface area contributed by atoms with E-state index in [1.165, 1.54) is 6.20 Å². The lowest BCUT2D eigenvalue weighted by Crippen LogP contribution is -1.98. The van der Waals surface area contributed by atoms with Crippen LogP contribution in [-0.4, -0.2) is 24.9 Å². The van der Waals surface area contributed by atoms with Gasteiger partial charge in [-0.15, -0.1) is 0 Å². The van der Waals surface area contributed by atoms with Crippen molar-refractivity contribution in [1.29, 1.82) is 0 Å². The second kappa shape index (κ2) is 7.70. The average molecular weight is 387 g/mol. The predicted octanol–water partition coefficient (Wildman–Crippen LogP) is 2.26. The first kappa shape index (κ1) is 18.1. The molecule has 0 amide bonds. The molecular formula is C16H15ClN8O2. The van der Waals surface area contributed by atoms with Crippen LogP contribution in [-0.2, 0) is 0 Å². The number of nitrogens with zero attached hydrogens (tertiary/aromatic N) is 4. The van der Waals surface area contributed by atoms with Crippen molar-refractivity contribution >= 4 is 46.0 Å². The number of nitrogens with two attached hydrogens (primary N) is 2. The fourth-order valence-corrected chi connectivity index (χ4v) is 2.24. The van der Waals surface area contributed by atoms with E-state index in [0.29, 0.717) is 22.7 Å². The maximum Gasteiger partial charge on any atom is 0.417 e. The van der Waals surface area contributed by atoms with Gasteiger partial charge in [-0.2, -0.15) is 4.98 Å². The van der Waals surface area contributed by atoms with Crippen molar-refractivity contribution in [3.05, 3.63) is 58.1 Å². The molecule has 0 fully saturated rings. The molecule has 138 valence electrons. The summed E-state index contributed by atoms with van der Waals surface area (Å²) in [7, 11) is 0. The number of nitrogen functional groups attached to an aromatic ring is 2. The van der Waals surface area contributed by atoms with Crippen LogP contribution in [0.5, 0.6) is 0 Å². The van der Waals surface area contributed by atoms with E-state index in [0.717, 1.165) is 11.3 Å². The quantitative estimate of drug-likeness (QED) is 0.378. The van der Waals surface area contributed by atoms with E-state index in [-0.39, 0.29) is 11.2 Å². The number of halogens is 1. The van der Waals surface area contributed by atoms with Crippen LogP contribution < -0.4 is 22.5 Å². The van der Waals surface area contributed by atoms with Gasteiger partial charge in [-0.05, 0) is 42.8 Å². The van der Waals surface area contributed by atoms with Crippen molar-refractivity contribution in [2.45, 2.75) is 6.92 Å². The molecular weight excluding hydrogens is 372 g/mol. The molecule has 0 spiro atoms. The van der Waals surface area contributed by atoms with Gasteiger partial charge in [0.1, 0.15) is 11.6 Å². The van der Waals surface area contributed by atoms with Crippen LogP contribution in [0.15, 0.2) is 45.9 Å². The Morgan fingerprint density at radius 1 is 1.19 bits per heavy atom. The third-order valence-electron chi connectivity index (χ3n) is 3.32. The smallest absolute Gasteiger partial charge is 0.408 e. The van der Waals surface area contributed by atoms with E-state index >= 15 is 0 Å². The van der Waals surface area contributed by atoms with E-state index in [1.54, 1.807) is 30.5 Å². The summed E-state index contributed by atoms with van der Waals surface area (Å²) < 4.78 is 4.93. The largest absolute Gasteiger partial charge is 0.417 e. The summed E-state index contributed by atoms with van der Waals surface area (Å²) >= 11 is 5.76. The Balaban J connectivity index is 0.000000221. The molecule has 0 radical (unpaired) electrons. The Hall–Kier alpha value is -3.66. The summed E-state index contributed by atoms with van der Waals surface area (Å²) in [6.45, 7) is 1.87. The van der Waals surface area contributed by atoms with E-state index < -0.39 is 5.76 Å². The lowest BCUT2D eigenvalue weighted by molar-refractivity contribution is 0.555. The lowest BCUT2D eigenvalue weighted by atomic mass is 10.2. The molecule has 3 aromatic heterocycles. The highest BCUT2D eigenvalue weighted by Crippen LogP contribution is 2.22. The van der Waals surface area contributed by atoms with Gasteiger partial charge in [0.2, 0.25) is 11.2 Å². The van der Waals surface area contributed by atoms with Gasteiger partial charge in [0.05, 0.1) is 5.52 Å². The summed E-state index contributed by atoms with van der Waals surface area (Å²) in [4.78, 5) is 28.9. The number of nitrogens with one attached hydrogen (secondary N) is 2. The van der Waals surface area contributed by atoms with Gasteiger partial charge in [0, 0.05) is 23.6 Å². The summed E-state index contributed by atoms with van der Waals surface area (Å²) in [5, 5.41) is 3.29. The molecule has 0 aliphatic carbocycles.